The summed E-state index contributed by atoms with van der Waals surface area (Å²) in [7, 11) is 0. The van der Waals surface area contributed by atoms with Crippen LogP contribution in [0.5, 0.6) is 5.75 Å². The topological polar surface area (TPSA) is 57.0 Å². The number of nitrogens with zero attached hydrogens (tertiary/aromatic N) is 3. The van der Waals surface area contributed by atoms with Gasteiger partial charge in [-0.3, -0.25) is 4.79 Å². The van der Waals surface area contributed by atoms with Crippen molar-refractivity contribution >= 4 is 35.1 Å². The van der Waals surface area contributed by atoms with Crippen molar-refractivity contribution in [2.75, 3.05) is 0 Å². The average Bonchev–Trinajstić information content (AvgIpc) is 3.25. The van der Waals surface area contributed by atoms with Crippen LogP contribution in [0.25, 0.3) is 6.08 Å². The van der Waals surface area contributed by atoms with Crippen molar-refractivity contribution < 1.29 is 9.53 Å². The first kappa shape index (κ1) is 21.8. The van der Waals surface area contributed by atoms with Gasteiger partial charge in [-0.1, -0.05) is 64.8 Å². The molecular weight excluding hydrogens is 445 g/mol. The molecule has 0 N–H and O–H groups in total. The standard InChI is InChI=1S/C25H19Cl2N3O2/c26-21-10-6-19(24(27)14-21)9-13-25(31)20-7-11-23(12-8-20)32-17-22-16-30(29-28-22)15-18-4-2-1-3-5-18/h1-14,16H,15,17H2/b13-9+. The molecule has 0 bridgehead atoms. The molecule has 0 unspecified atom stereocenters. The molecule has 3 aromatic carbocycles. The van der Waals surface area contributed by atoms with Gasteiger partial charge in [-0.05, 0) is 59.7 Å². The van der Waals surface area contributed by atoms with Crippen LogP contribution >= 0.6 is 23.2 Å². The molecule has 1 aromatic heterocycles. The number of halogens is 2. The highest BCUT2D eigenvalue weighted by molar-refractivity contribution is 6.35. The van der Waals surface area contributed by atoms with Crippen molar-refractivity contribution in [1.29, 1.82) is 0 Å². The Balaban J connectivity index is 1.32. The number of hydrogen-bond donors (Lipinski definition) is 0. The molecule has 1 heterocycles. The number of ketones is 1. The molecule has 0 radical (unpaired) electrons. The lowest BCUT2D eigenvalue weighted by atomic mass is 10.1. The third-order valence-electron chi connectivity index (χ3n) is 4.68. The molecule has 32 heavy (non-hydrogen) atoms. The molecule has 5 nitrogen and oxygen atoms in total. The molecule has 4 aromatic rings. The number of allylic oxidation sites excluding steroid dienone is 1. The predicted molar refractivity (Wildman–Crippen MR) is 126 cm³/mol. The number of carbonyl (C=O) groups is 1. The van der Waals surface area contributed by atoms with E-state index in [1.165, 1.54) is 6.08 Å². The molecule has 0 aliphatic rings. The Morgan fingerprint density at radius 3 is 2.53 bits per heavy atom. The molecule has 0 aliphatic carbocycles. The number of rotatable bonds is 8. The summed E-state index contributed by atoms with van der Waals surface area (Å²) < 4.78 is 7.54. The van der Waals surface area contributed by atoms with E-state index in [0.717, 1.165) is 16.8 Å². The van der Waals surface area contributed by atoms with E-state index in [0.29, 0.717) is 27.9 Å². The second-order valence-electron chi connectivity index (χ2n) is 7.07. The molecule has 0 atom stereocenters. The van der Waals surface area contributed by atoms with Crippen molar-refractivity contribution in [3.63, 3.8) is 0 Å². The lowest BCUT2D eigenvalue weighted by Gasteiger charge is -2.04. The quantitative estimate of drug-likeness (QED) is 0.233. The first-order valence-corrected chi connectivity index (χ1v) is 10.7. The van der Waals surface area contributed by atoms with Crippen LogP contribution in [0.1, 0.15) is 27.2 Å². The highest BCUT2D eigenvalue weighted by Gasteiger charge is 2.06. The Kier molecular flexibility index (Phi) is 7.00. The maximum atomic E-state index is 12.4. The van der Waals surface area contributed by atoms with Crippen molar-refractivity contribution in [3.8, 4) is 5.75 Å². The Morgan fingerprint density at radius 1 is 1.00 bits per heavy atom. The average molecular weight is 464 g/mol. The zero-order valence-electron chi connectivity index (χ0n) is 17.0. The molecule has 0 aliphatic heterocycles. The third kappa shape index (κ3) is 5.84. The van der Waals surface area contributed by atoms with E-state index in [1.54, 1.807) is 53.2 Å². The molecule has 4 rings (SSSR count). The molecule has 0 amide bonds. The molecular formula is C25H19Cl2N3O2. The van der Waals surface area contributed by atoms with Crippen molar-refractivity contribution in [1.82, 2.24) is 15.0 Å². The van der Waals surface area contributed by atoms with Gasteiger partial charge >= 0.3 is 0 Å². The Bertz CT molecular complexity index is 1240. The van der Waals surface area contributed by atoms with E-state index < -0.39 is 0 Å². The van der Waals surface area contributed by atoms with Crippen LogP contribution in [0, 0.1) is 0 Å². The summed E-state index contributed by atoms with van der Waals surface area (Å²) in [5.41, 5.74) is 3.15. The van der Waals surface area contributed by atoms with Crippen LogP contribution in [0.3, 0.4) is 0 Å². The fraction of sp³-hybridized carbons (Fsp3) is 0.0800. The van der Waals surface area contributed by atoms with Gasteiger partial charge in [0.1, 0.15) is 18.1 Å². The second-order valence-corrected chi connectivity index (χ2v) is 7.91. The van der Waals surface area contributed by atoms with Gasteiger partial charge in [0.15, 0.2) is 5.78 Å². The van der Waals surface area contributed by atoms with E-state index in [4.69, 9.17) is 27.9 Å². The maximum Gasteiger partial charge on any atom is 0.185 e. The molecule has 0 spiro atoms. The smallest absolute Gasteiger partial charge is 0.185 e. The van der Waals surface area contributed by atoms with Gasteiger partial charge in [-0.15, -0.1) is 5.10 Å². The number of ether oxygens (including phenoxy) is 1. The van der Waals surface area contributed by atoms with Crippen molar-refractivity contribution in [2.24, 2.45) is 0 Å². The Hall–Kier alpha value is -3.41. The van der Waals surface area contributed by atoms with Crippen LogP contribution in [0.15, 0.2) is 85.1 Å². The zero-order chi connectivity index (χ0) is 22.3. The SMILES string of the molecule is O=C(/C=C/c1ccc(Cl)cc1Cl)c1ccc(OCc2cn(Cc3ccccc3)nn2)cc1. The highest BCUT2D eigenvalue weighted by atomic mass is 35.5. The monoisotopic (exact) mass is 463 g/mol. The Labute approximate surface area is 195 Å². The van der Waals surface area contributed by atoms with Gasteiger partial charge in [-0.25, -0.2) is 4.68 Å². The van der Waals surface area contributed by atoms with Crippen LogP contribution in [-0.4, -0.2) is 20.8 Å². The molecule has 0 fully saturated rings. The van der Waals surface area contributed by atoms with Gasteiger partial charge in [0, 0.05) is 15.6 Å². The number of hydrogen-bond acceptors (Lipinski definition) is 4. The summed E-state index contributed by atoms with van der Waals surface area (Å²) in [6, 6.07) is 22.1. The van der Waals surface area contributed by atoms with Crippen LogP contribution < -0.4 is 4.74 Å². The lowest BCUT2D eigenvalue weighted by Crippen LogP contribution is -2.00. The third-order valence-corrected chi connectivity index (χ3v) is 5.24. The normalized spacial score (nSPS) is 11.1. The van der Waals surface area contributed by atoms with Gasteiger partial charge < -0.3 is 4.74 Å². The fourth-order valence-corrected chi connectivity index (χ4v) is 3.49. The molecule has 0 saturated heterocycles. The van der Waals surface area contributed by atoms with Gasteiger partial charge in [-0.2, -0.15) is 0 Å². The van der Waals surface area contributed by atoms with Gasteiger partial charge in [0.05, 0.1) is 12.7 Å². The van der Waals surface area contributed by atoms with Crippen LogP contribution in [-0.2, 0) is 13.2 Å². The first-order valence-electron chi connectivity index (χ1n) is 9.90. The zero-order valence-corrected chi connectivity index (χ0v) is 18.5. The number of aromatic nitrogens is 3. The second kappa shape index (κ2) is 10.3. The summed E-state index contributed by atoms with van der Waals surface area (Å²) in [5.74, 6) is 0.510. The maximum absolute atomic E-state index is 12.4. The molecule has 7 heteroatoms. The minimum atomic E-state index is -0.133. The Morgan fingerprint density at radius 2 is 1.78 bits per heavy atom. The lowest BCUT2D eigenvalue weighted by molar-refractivity contribution is 0.104. The largest absolute Gasteiger partial charge is 0.487 e. The van der Waals surface area contributed by atoms with Gasteiger partial charge in [0.2, 0.25) is 0 Å². The summed E-state index contributed by atoms with van der Waals surface area (Å²) >= 11 is 12.0. The van der Waals surface area contributed by atoms with E-state index in [9.17, 15) is 4.79 Å². The summed E-state index contributed by atoms with van der Waals surface area (Å²) in [4.78, 5) is 12.4. The van der Waals surface area contributed by atoms with Crippen molar-refractivity contribution in [3.05, 3.63) is 117 Å². The molecule has 0 saturated carbocycles. The number of carbonyl (C=O) groups excluding carboxylic acids is 1. The minimum Gasteiger partial charge on any atom is -0.487 e. The van der Waals surface area contributed by atoms with E-state index in [-0.39, 0.29) is 12.4 Å². The fourth-order valence-electron chi connectivity index (χ4n) is 3.02. The van der Waals surface area contributed by atoms with E-state index in [1.807, 2.05) is 36.5 Å². The highest BCUT2D eigenvalue weighted by Crippen LogP contribution is 2.22. The van der Waals surface area contributed by atoms with E-state index in [2.05, 4.69) is 10.3 Å². The summed E-state index contributed by atoms with van der Waals surface area (Å²) in [6.07, 6.45) is 5.01. The molecule has 160 valence electrons. The summed E-state index contributed by atoms with van der Waals surface area (Å²) in [5, 5.41) is 9.32. The van der Waals surface area contributed by atoms with Crippen molar-refractivity contribution in [2.45, 2.75) is 13.2 Å². The first-order chi connectivity index (χ1) is 15.6. The summed E-state index contributed by atoms with van der Waals surface area (Å²) in [6.45, 7) is 0.941. The van der Waals surface area contributed by atoms with E-state index >= 15 is 0 Å². The van der Waals surface area contributed by atoms with Crippen LogP contribution in [0.4, 0.5) is 0 Å². The van der Waals surface area contributed by atoms with Gasteiger partial charge in [0.25, 0.3) is 0 Å². The minimum absolute atomic E-state index is 0.133. The number of benzene rings is 3. The predicted octanol–water partition coefficient (Wildman–Crippen LogP) is 6.11. The van der Waals surface area contributed by atoms with Crippen LogP contribution in [0.2, 0.25) is 10.0 Å².